The van der Waals surface area contributed by atoms with Crippen molar-refractivity contribution in [2.24, 2.45) is 11.8 Å². The molecule has 1 saturated carbocycles. The van der Waals surface area contributed by atoms with Crippen LogP contribution in [0, 0.1) is 11.8 Å². The van der Waals surface area contributed by atoms with Crippen LogP contribution in [-0.4, -0.2) is 65.1 Å². The Kier molecular flexibility index (Phi) is 10.5. The van der Waals surface area contributed by atoms with Crippen LogP contribution in [0.15, 0.2) is 30.3 Å². The number of benzene rings is 1. The smallest absolute Gasteiger partial charge is 0.321 e. The lowest BCUT2D eigenvalue weighted by atomic mass is 9.91. The Bertz CT molecular complexity index is 843. The standard InChI is InChI=1S/C26H38N4O5/c31-19-29(35)18-22(17-21-12-4-5-13-21)25(33)30-16-8-14-23(30)24(32)28-26(34)27-15-7-6-11-20-9-2-1-3-10-20/h1-3,9-10,19,21-23,35H,4-8,11-18H2,(H2,27,28,32,34)/t22-,23+/m1/s1. The molecule has 2 fully saturated rings. The normalized spacial score (nSPS) is 18.8. The molecular weight excluding hydrogens is 448 g/mol. The van der Waals surface area contributed by atoms with E-state index in [4.69, 9.17) is 0 Å². The summed E-state index contributed by atoms with van der Waals surface area (Å²) in [5, 5.41) is 15.3. The van der Waals surface area contributed by atoms with E-state index in [2.05, 4.69) is 22.8 Å². The third-order valence-electron chi connectivity index (χ3n) is 7.07. The number of hydroxylamine groups is 2. The number of hydrogen-bond donors (Lipinski definition) is 3. The van der Waals surface area contributed by atoms with E-state index < -0.39 is 23.9 Å². The molecule has 0 bridgehead atoms. The quantitative estimate of drug-likeness (QED) is 0.182. The number of nitrogens with one attached hydrogen (secondary N) is 2. The highest BCUT2D eigenvalue weighted by molar-refractivity contribution is 5.99. The van der Waals surface area contributed by atoms with Crippen LogP contribution in [0.4, 0.5) is 4.79 Å². The zero-order chi connectivity index (χ0) is 25.0. The SMILES string of the molecule is O=CN(O)C[C@@H](CC1CCCC1)C(=O)N1CCC[C@H]1C(=O)NC(=O)NCCCCc1ccccc1. The van der Waals surface area contributed by atoms with E-state index in [1.807, 2.05) is 18.2 Å². The molecule has 9 heteroatoms. The lowest BCUT2D eigenvalue weighted by molar-refractivity contribution is -0.158. The van der Waals surface area contributed by atoms with Crippen molar-refractivity contribution in [2.75, 3.05) is 19.6 Å². The van der Waals surface area contributed by atoms with Gasteiger partial charge in [-0.3, -0.25) is 24.9 Å². The van der Waals surface area contributed by atoms with E-state index in [0.29, 0.717) is 49.7 Å². The molecule has 3 N–H and O–H groups in total. The molecule has 1 saturated heterocycles. The number of hydrogen-bond acceptors (Lipinski definition) is 5. The van der Waals surface area contributed by atoms with Crippen molar-refractivity contribution in [3.05, 3.63) is 35.9 Å². The van der Waals surface area contributed by atoms with Gasteiger partial charge in [-0.2, -0.15) is 0 Å². The minimum Gasteiger partial charge on any atom is -0.338 e. The molecular formula is C26H38N4O5. The van der Waals surface area contributed by atoms with Crippen LogP contribution in [0.25, 0.3) is 0 Å². The van der Waals surface area contributed by atoms with Crippen molar-refractivity contribution in [2.45, 2.75) is 70.3 Å². The highest BCUT2D eigenvalue weighted by atomic mass is 16.5. The van der Waals surface area contributed by atoms with Gasteiger partial charge in [-0.05, 0) is 50.0 Å². The second kappa shape index (κ2) is 13.8. The first-order valence-electron chi connectivity index (χ1n) is 12.8. The molecule has 0 unspecified atom stereocenters. The Morgan fingerprint density at radius 3 is 2.54 bits per heavy atom. The van der Waals surface area contributed by atoms with Gasteiger partial charge in [-0.25, -0.2) is 9.86 Å². The van der Waals surface area contributed by atoms with Gasteiger partial charge >= 0.3 is 6.03 Å². The van der Waals surface area contributed by atoms with Gasteiger partial charge in [0.2, 0.25) is 12.3 Å². The Morgan fingerprint density at radius 1 is 1.09 bits per heavy atom. The average molecular weight is 487 g/mol. The largest absolute Gasteiger partial charge is 0.338 e. The van der Waals surface area contributed by atoms with Gasteiger partial charge in [0.25, 0.3) is 5.91 Å². The molecule has 5 amide bonds. The predicted octanol–water partition coefficient (Wildman–Crippen LogP) is 2.87. The average Bonchev–Trinajstić information content (AvgIpc) is 3.56. The van der Waals surface area contributed by atoms with Crippen molar-refractivity contribution in [1.29, 1.82) is 0 Å². The van der Waals surface area contributed by atoms with Crippen LogP contribution < -0.4 is 10.6 Å². The van der Waals surface area contributed by atoms with E-state index >= 15 is 0 Å². The molecule has 2 atom stereocenters. The third-order valence-corrected chi connectivity index (χ3v) is 7.07. The number of likely N-dealkylation sites (tertiary alicyclic amines) is 1. The number of nitrogens with zero attached hydrogens (tertiary/aromatic N) is 2. The van der Waals surface area contributed by atoms with E-state index in [1.54, 1.807) is 0 Å². The second-order valence-corrected chi connectivity index (χ2v) is 9.69. The van der Waals surface area contributed by atoms with Gasteiger partial charge in [0, 0.05) is 13.1 Å². The van der Waals surface area contributed by atoms with Crippen LogP contribution in [-0.2, 0) is 20.8 Å². The fourth-order valence-corrected chi connectivity index (χ4v) is 5.25. The van der Waals surface area contributed by atoms with E-state index in [0.717, 1.165) is 44.9 Å². The van der Waals surface area contributed by atoms with Crippen molar-refractivity contribution in [1.82, 2.24) is 20.6 Å². The molecule has 1 aromatic rings. The molecule has 1 aromatic carbocycles. The van der Waals surface area contributed by atoms with Gasteiger partial charge in [0.15, 0.2) is 0 Å². The summed E-state index contributed by atoms with van der Waals surface area (Å²) >= 11 is 0. The molecule has 0 spiro atoms. The maximum Gasteiger partial charge on any atom is 0.321 e. The first kappa shape index (κ1) is 26.7. The number of aryl methyl sites for hydroxylation is 1. The second-order valence-electron chi connectivity index (χ2n) is 9.69. The first-order valence-corrected chi connectivity index (χ1v) is 12.8. The molecule has 0 radical (unpaired) electrons. The topological polar surface area (TPSA) is 119 Å². The van der Waals surface area contributed by atoms with Crippen LogP contribution >= 0.6 is 0 Å². The summed E-state index contributed by atoms with van der Waals surface area (Å²) in [4.78, 5) is 50.9. The minimum absolute atomic E-state index is 0.0901. The van der Waals surface area contributed by atoms with Crippen molar-refractivity contribution >= 4 is 24.3 Å². The number of carbonyl (C=O) groups excluding carboxylic acids is 4. The summed E-state index contributed by atoms with van der Waals surface area (Å²) in [6.45, 7) is 0.791. The molecule has 9 nitrogen and oxygen atoms in total. The number of amides is 5. The highest BCUT2D eigenvalue weighted by Crippen LogP contribution is 2.32. The first-order chi connectivity index (χ1) is 17.0. The van der Waals surface area contributed by atoms with E-state index in [-0.39, 0.29) is 12.5 Å². The summed E-state index contributed by atoms with van der Waals surface area (Å²) < 4.78 is 0. The molecule has 1 heterocycles. The Labute approximate surface area is 207 Å². The zero-order valence-electron chi connectivity index (χ0n) is 20.4. The molecule has 3 rings (SSSR count). The lowest BCUT2D eigenvalue weighted by Crippen LogP contribution is -2.52. The summed E-state index contributed by atoms with van der Waals surface area (Å²) in [5.74, 6) is -0.919. The van der Waals surface area contributed by atoms with Gasteiger partial charge in [0.05, 0.1) is 12.5 Å². The molecule has 192 valence electrons. The van der Waals surface area contributed by atoms with E-state index in [9.17, 15) is 24.4 Å². The lowest BCUT2D eigenvalue weighted by Gasteiger charge is -2.30. The fraction of sp³-hybridized carbons (Fsp3) is 0.615. The molecule has 1 aliphatic carbocycles. The molecule has 1 aliphatic heterocycles. The predicted molar refractivity (Wildman–Crippen MR) is 130 cm³/mol. The zero-order valence-corrected chi connectivity index (χ0v) is 20.4. The fourth-order valence-electron chi connectivity index (χ4n) is 5.25. The number of rotatable bonds is 12. The third kappa shape index (κ3) is 8.35. The summed E-state index contributed by atoms with van der Waals surface area (Å²) in [6.07, 6.45) is 8.99. The maximum absolute atomic E-state index is 13.3. The van der Waals surface area contributed by atoms with Gasteiger partial charge in [-0.15, -0.1) is 0 Å². The number of carbonyl (C=O) groups is 4. The number of unbranched alkanes of at least 4 members (excludes halogenated alkanes) is 1. The summed E-state index contributed by atoms with van der Waals surface area (Å²) in [6, 6.07) is 8.85. The molecule has 2 aliphatic rings. The summed E-state index contributed by atoms with van der Waals surface area (Å²) in [7, 11) is 0. The highest BCUT2D eigenvalue weighted by Gasteiger charge is 2.39. The van der Waals surface area contributed by atoms with Crippen LogP contribution in [0.2, 0.25) is 0 Å². The molecule has 35 heavy (non-hydrogen) atoms. The minimum atomic E-state index is -0.721. The van der Waals surface area contributed by atoms with E-state index in [1.165, 1.54) is 10.5 Å². The van der Waals surface area contributed by atoms with Crippen molar-refractivity contribution < 1.29 is 24.4 Å². The Hall–Kier alpha value is -2.94. The van der Waals surface area contributed by atoms with Gasteiger partial charge in [0.1, 0.15) is 6.04 Å². The monoisotopic (exact) mass is 486 g/mol. The number of urea groups is 1. The Morgan fingerprint density at radius 2 is 1.83 bits per heavy atom. The number of imide groups is 1. The summed E-state index contributed by atoms with van der Waals surface area (Å²) in [5.41, 5.74) is 1.25. The van der Waals surface area contributed by atoms with Crippen LogP contribution in [0.1, 0.15) is 63.4 Å². The maximum atomic E-state index is 13.3. The van der Waals surface area contributed by atoms with Crippen molar-refractivity contribution in [3.63, 3.8) is 0 Å². The van der Waals surface area contributed by atoms with Gasteiger partial charge < -0.3 is 10.2 Å². The molecule has 0 aromatic heterocycles. The van der Waals surface area contributed by atoms with Gasteiger partial charge in [-0.1, -0.05) is 56.0 Å². The Balaban J connectivity index is 1.46. The van der Waals surface area contributed by atoms with Crippen LogP contribution in [0.3, 0.4) is 0 Å². The van der Waals surface area contributed by atoms with Crippen LogP contribution in [0.5, 0.6) is 0 Å². The van der Waals surface area contributed by atoms with Crippen molar-refractivity contribution in [3.8, 4) is 0 Å².